The van der Waals surface area contributed by atoms with Crippen LogP contribution in [0.4, 0.5) is 24.5 Å². The Kier molecular flexibility index (Phi) is 6.27. The molecule has 0 aliphatic carbocycles. The van der Waals surface area contributed by atoms with E-state index in [0.717, 1.165) is 47.2 Å². The number of hydrogen-bond acceptors (Lipinski definition) is 3. The summed E-state index contributed by atoms with van der Waals surface area (Å²) in [4.78, 5) is 3.90. The monoisotopic (exact) mass is 410 g/mol. The van der Waals surface area contributed by atoms with Gasteiger partial charge in [-0.3, -0.25) is 0 Å². The molecule has 0 fully saturated rings. The van der Waals surface area contributed by atoms with Crippen LogP contribution in [0, 0.1) is 5.21 Å². The summed E-state index contributed by atoms with van der Waals surface area (Å²) in [6.07, 6.45) is -0.742. The second kappa shape index (κ2) is 8.35. The van der Waals surface area contributed by atoms with E-state index < -0.39 is 11.7 Å². The molecule has 1 aliphatic heterocycles. The number of halogens is 3. The van der Waals surface area contributed by atoms with Crippen LogP contribution >= 0.6 is 11.8 Å². The normalized spacial score (nSPS) is 14.0. The molecule has 7 heteroatoms. The highest BCUT2D eigenvalue weighted by Gasteiger charge is 2.33. The number of rotatable bonds is 7. The van der Waals surface area contributed by atoms with Crippen LogP contribution in [0.5, 0.6) is 0 Å². The predicted octanol–water partition coefficient (Wildman–Crippen LogP) is 6.44. The van der Waals surface area contributed by atoms with Gasteiger partial charge >= 0.3 is 6.18 Å². The maximum absolute atomic E-state index is 13.2. The Bertz CT molecular complexity index is 818. The Balaban J connectivity index is 1.74. The molecule has 0 spiro atoms. The molecule has 2 aromatic rings. The minimum Gasteiger partial charge on any atom is -0.633 e. The Morgan fingerprint density at radius 1 is 0.929 bits per heavy atom. The number of unbranched alkanes of at least 4 members (excludes halogenated alkanes) is 3. The molecule has 0 aromatic heterocycles. The van der Waals surface area contributed by atoms with Gasteiger partial charge in [-0.05, 0) is 49.6 Å². The molecule has 2 aromatic carbocycles. The summed E-state index contributed by atoms with van der Waals surface area (Å²) in [5, 5.41) is 11.6. The van der Waals surface area contributed by atoms with Gasteiger partial charge in [-0.25, -0.2) is 0 Å². The van der Waals surface area contributed by atoms with Gasteiger partial charge in [0.2, 0.25) is 0 Å². The van der Waals surface area contributed by atoms with Crippen molar-refractivity contribution in [2.24, 2.45) is 0 Å². The number of quaternary nitrogens is 1. The largest absolute Gasteiger partial charge is 0.633 e. The van der Waals surface area contributed by atoms with Gasteiger partial charge in [0.25, 0.3) is 0 Å². The van der Waals surface area contributed by atoms with E-state index in [0.29, 0.717) is 18.8 Å². The summed E-state index contributed by atoms with van der Waals surface area (Å²) < 4.78 is 39.4. The van der Waals surface area contributed by atoms with Crippen molar-refractivity contribution in [1.29, 1.82) is 0 Å². The second-order valence-corrected chi connectivity index (χ2v) is 8.70. The number of para-hydroxylation sites is 1. The number of anilines is 2. The first-order valence-electron chi connectivity index (χ1n) is 9.45. The topological polar surface area (TPSA) is 26.3 Å². The lowest BCUT2D eigenvalue weighted by Gasteiger charge is -2.34. The molecule has 3 nitrogen and oxygen atoms in total. The lowest BCUT2D eigenvalue weighted by atomic mass is 10.1. The standard InChI is InChI=1S/C21H25F3N2OS/c1-26(2,27)14-8-4-3-7-13-25-17-9-5-6-10-19(17)28-20-12-11-16(15-18(20)25)21(22,23)24/h5-6,9-12,15H,3-4,7-8,13-14H2,1-2H3. The van der Waals surface area contributed by atoms with Crippen molar-refractivity contribution >= 4 is 23.1 Å². The van der Waals surface area contributed by atoms with Crippen molar-refractivity contribution in [2.45, 2.75) is 41.7 Å². The number of benzene rings is 2. The van der Waals surface area contributed by atoms with Gasteiger partial charge in [0.15, 0.2) is 0 Å². The average Bonchev–Trinajstić information content (AvgIpc) is 2.61. The maximum atomic E-state index is 13.2. The number of fused-ring (bicyclic) bond motifs is 2. The molecule has 1 aliphatic rings. The van der Waals surface area contributed by atoms with E-state index >= 15 is 0 Å². The van der Waals surface area contributed by atoms with Crippen molar-refractivity contribution < 1.29 is 17.8 Å². The van der Waals surface area contributed by atoms with Crippen molar-refractivity contribution in [3.63, 3.8) is 0 Å². The van der Waals surface area contributed by atoms with Crippen LogP contribution in [0.15, 0.2) is 52.3 Å². The Morgan fingerprint density at radius 2 is 1.61 bits per heavy atom. The summed E-state index contributed by atoms with van der Waals surface area (Å²) in [6, 6.07) is 11.8. The molecule has 1 heterocycles. The number of hydrogen-bond donors (Lipinski definition) is 0. The first-order chi connectivity index (χ1) is 13.1. The minimum atomic E-state index is -4.36. The fourth-order valence-electron chi connectivity index (χ4n) is 3.36. The number of nitrogens with zero attached hydrogens (tertiary/aromatic N) is 2. The van der Waals surface area contributed by atoms with Gasteiger partial charge in [-0.15, -0.1) is 0 Å². The first-order valence-corrected chi connectivity index (χ1v) is 10.3. The molecular formula is C21H25F3N2OS. The van der Waals surface area contributed by atoms with Crippen molar-refractivity contribution in [1.82, 2.24) is 0 Å². The summed E-state index contributed by atoms with van der Waals surface area (Å²) in [5.74, 6) is 0. The quantitative estimate of drug-likeness (QED) is 0.298. The Morgan fingerprint density at radius 3 is 2.32 bits per heavy atom. The molecule has 0 unspecified atom stereocenters. The molecule has 0 atom stereocenters. The molecule has 0 bridgehead atoms. The third kappa shape index (κ3) is 5.21. The van der Waals surface area contributed by atoms with E-state index in [1.54, 1.807) is 20.2 Å². The van der Waals surface area contributed by atoms with Crippen LogP contribution in [0.2, 0.25) is 0 Å². The fourth-order valence-corrected chi connectivity index (χ4v) is 4.44. The summed E-state index contributed by atoms with van der Waals surface area (Å²) in [7, 11) is 3.27. The third-order valence-corrected chi connectivity index (χ3v) is 5.91. The van der Waals surface area contributed by atoms with E-state index in [1.165, 1.54) is 17.8 Å². The highest BCUT2D eigenvalue weighted by atomic mass is 32.2. The maximum Gasteiger partial charge on any atom is 0.416 e. The molecule has 0 saturated carbocycles. The molecule has 0 N–H and O–H groups in total. The van der Waals surface area contributed by atoms with Gasteiger partial charge in [0.05, 0.1) is 37.6 Å². The smallest absolute Gasteiger partial charge is 0.416 e. The van der Waals surface area contributed by atoms with Crippen LogP contribution in [-0.2, 0) is 6.18 Å². The van der Waals surface area contributed by atoms with E-state index in [2.05, 4.69) is 0 Å². The van der Waals surface area contributed by atoms with Crippen molar-refractivity contribution in [2.75, 3.05) is 32.1 Å². The fraction of sp³-hybridized carbons (Fsp3) is 0.429. The van der Waals surface area contributed by atoms with Crippen LogP contribution < -0.4 is 4.90 Å². The molecule has 0 radical (unpaired) electrons. The minimum absolute atomic E-state index is 0.287. The van der Waals surface area contributed by atoms with E-state index in [4.69, 9.17) is 0 Å². The van der Waals surface area contributed by atoms with Crippen LogP contribution in [0.3, 0.4) is 0 Å². The SMILES string of the molecule is C[N+](C)([O-])CCCCCCN1c2ccccc2Sc2ccc(C(F)(F)F)cc21. The van der Waals surface area contributed by atoms with Crippen LogP contribution in [-0.4, -0.2) is 31.8 Å². The van der Waals surface area contributed by atoms with Gasteiger partial charge < -0.3 is 14.8 Å². The zero-order valence-electron chi connectivity index (χ0n) is 16.1. The molecule has 28 heavy (non-hydrogen) atoms. The molecular weight excluding hydrogens is 385 g/mol. The van der Waals surface area contributed by atoms with Gasteiger partial charge in [0.1, 0.15) is 0 Å². The van der Waals surface area contributed by atoms with E-state index in [1.807, 2.05) is 29.2 Å². The van der Waals surface area contributed by atoms with Gasteiger partial charge in [-0.2, -0.15) is 13.2 Å². The summed E-state index contributed by atoms with van der Waals surface area (Å²) >= 11 is 1.51. The lowest BCUT2D eigenvalue weighted by molar-refractivity contribution is -0.840. The average molecular weight is 411 g/mol. The van der Waals surface area contributed by atoms with Crippen molar-refractivity contribution in [3.05, 3.63) is 53.2 Å². The van der Waals surface area contributed by atoms with E-state index in [-0.39, 0.29) is 4.65 Å². The highest BCUT2D eigenvalue weighted by molar-refractivity contribution is 7.99. The van der Waals surface area contributed by atoms with Gasteiger partial charge in [-0.1, -0.05) is 30.3 Å². The molecule has 0 saturated heterocycles. The number of hydroxylamine groups is 3. The molecule has 3 rings (SSSR count). The number of alkyl halides is 3. The lowest BCUT2D eigenvalue weighted by Crippen LogP contribution is -2.33. The van der Waals surface area contributed by atoms with Crippen molar-refractivity contribution in [3.8, 4) is 0 Å². The van der Waals surface area contributed by atoms with Gasteiger partial charge in [0, 0.05) is 16.3 Å². The van der Waals surface area contributed by atoms with E-state index in [9.17, 15) is 18.4 Å². The zero-order chi connectivity index (χ0) is 20.4. The predicted molar refractivity (Wildman–Crippen MR) is 108 cm³/mol. The first kappa shape index (κ1) is 21.0. The van der Waals surface area contributed by atoms with Crippen LogP contribution in [0.25, 0.3) is 0 Å². The summed E-state index contributed by atoms with van der Waals surface area (Å²) in [5.41, 5.74) is 0.958. The highest BCUT2D eigenvalue weighted by Crippen LogP contribution is 2.49. The van der Waals surface area contributed by atoms with Crippen LogP contribution in [0.1, 0.15) is 31.2 Å². The Hall–Kier alpha value is -1.70. The molecule has 0 amide bonds. The summed E-state index contributed by atoms with van der Waals surface area (Å²) in [6.45, 7) is 1.24. The third-order valence-electron chi connectivity index (χ3n) is 4.78. The Labute approximate surface area is 168 Å². The zero-order valence-corrected chi connectivity index (χ0v) is 16.9. The second-order valence-electron chi connectivity index (χ2n) is 7.61. The molecule has 152 valence electrons.